The summed E-state index contributed by atoms with van der Waals surface area (Å²) in [6, 6.07) is 20.1. The van der Waals surface area contributed by atoms with Gasteiger partial charge in [-0.2, -0.15) is 0 Å². The van der Waals surface area contributed by atoms with Crippen molar-refractivity contribution >= 4 is 53.2 Å². The average Bonchev–Trinajstić information content (AvgIpc) is 3.34. The van der Waals surface area contributed by atoms with Gasteiger partial charge in [0.15, 0.2) is 5.78 Å². The van der Waals surface area contributed by atoms with Crippen LogP contribution in [0.25, 0.3) is 0 Å². The van der Waals surface area contributed by atoms with Crippen LogP contribution in [-0.4, -0.2) is 105 Å². The summed E-state index contributed by atoms with van der Waals surface area (Å²) in [4.78, 5) is 116. The monoisotopic (exact) mass is 998 g/mol. The molecule has 4 atom stereocenters. The molecule has 5 amide bonds. The van der Waals surface area contributed by atoms with Crippen LogP contribution < -0.4 is 21.3 Å². The van der Waals surface area contributed by atoms with E-state index in [9.17, 15) is 53.4 Å². The number of benzene rings is 3. The maximum Gasteiger partial charge on any atom is 0.326 e. The highest BCUT2D eigenvalue weighted by Gasteiger charge is 2.29. The third-order valence-corrected chi connectivity index (χ3v) is 12.3. The van der Waals surface area contributed by atoms with E-state index in [1.165, 1.54) is 0 Å². The van der Waals surface area contributed by atoms with Gasteiger partial charge in [-0.1, -0.05) is 116 Å². The molecule has 0 aliphatic carbocycles. The number of hydrogen-bond donors (Lipinski definition) is 7. The van der Waals surface area contributed by atoms with Gasteiger partial charge in [0.1, 0.15) is 17.9 Å². The highest BCUT2D eigenvalue weighted by Crippen LogP contribution is 2.19. The van der Waals surface area contributed by atoms with Crippen LogP contribution in [-0.2, 0) is 57.7 Å². The van der Waals surface area contributed by atoms with Crippen molar-refractivity contribution in [1.29, 1.82) is 0 Å². The minimum absolute atomic E-state index is 0.00370. The number of Topliss-reactive ketones (excluding diaryl/α,β-unsaturated/α-hetero) is 2. The largest absolute Gasteiger partial charge is 0.481 e. The lowest BCUT2D eigenvalue weighted by atomic mass is 9.89. The Kier molecular flexibility index (Phi) is 27.1. The zero-order valence-corrected chi connectivity index (χ0v) is 42.1. The fourth-order valence-corrected chi connectivity index (χ4v) is 8.15. The third kappa shape index (κ3) is 24.3. The molecule has 3 rings (SSSR count). The van der Waals surface area contributed by atoms with E-state index in [2.05, 4.69) is 21.3 Å². The zero-order chi connectivity index (χ0) is 52.8. The summed E-state index contributed by atoms with van der Waals surface area (Å²) in [7, 11) is 0. The van der Waals surface area contributed by atoms with Gasteiger partial charge in [-0.05, 0) is 88.3 Å². The molecule has 0 heterocycles. The van der Waals surface area contributed by atoms with E-state index in [0.717, 1.165) is 40.7 Å². The lowest BCUT2D eigenvalue weighted by molar-refractivity contribution is -0.141. The van der Waals surface area contributed by atoms with Gasteiger partial charge < -0.3 is 41.5 Å². The summed E-state index contributed by atoms with van der Waals surface area (Å²) in [5.41, 5.74) is 4.83. The smallest absolute Gasteiger partial charge is 0.326 e. The molecule has 3 aromatic rings. The highest BCUT2D eigenvalue weighted by molar-refractivity contribution is 5.93. The van der Waals surface area contributed by atoms with E-state index >= 15 is 0 Å². The Labute approximate surface area is 423 Å². The molecule has 0 spiro atoms. The normalized spacial score (nSPS) is 12.6. The quantitative estimate of drug-likeness (QED) is 0.0290. The fraction of sp³-hybridized carbons (Fsp3) is 0.509. The second kappa shape index (κ2) is 32.9. The van der Waals surface area contributed by atoms with Gasteiger partial charge in [-0.25, -0.2) is 14.4 Å². The van der Waals surface area contributed by atoms with Gasteiger partial charge in [0, 0.05) is 64.1 Å². The molecule has 1 unspecified atom stereocenters. The van der Waals surface area contributed by atoms with Gasteiger partial charge in [-0.3, -0.25) is 28.8 Å². The number of urea groups is 1. The summed E-state index contributed by atoms with van der Waals surface area (Å²) >= 11 is 0. The Morgan fingerprint density at radius 3 is 1.85 bits per heavy atom. The molecule has 392 valence electrons. The number of carbonyl (C=O) groups excluding carboxylic acids is 6. The Balaban J connectivity index is 1.48. The number of carbonyl (C=O) groups is 9. The average molecular weight is 998 g/mol. The van der Waals surface area contributed by atoms with Crippen molar-refractivity contribution in [2.75, 3.05) is 13.1 Å². The van der Waals surface area contributed by atoms with E-state index in [1.807, 2.05) is 99.6 Å². The first-order chi connectivity index (χ1) is 34.4. The first kappa shape index (κ1) is 59.4. The van der Waals surface area contributed by atoms with Crippen molar-refractivity contribution in [2.24, 2.45) is 5.92 Å². The molecule has 0 aliphatic heterocycles. The second-order valence-electron chi connectivity index (χ2n) is 18.6. The summed E-state index contributed by atoms with van der Waals surface area (Å²) < 4.78 is 0. The number of rotatable bonds is 36. The Morgan fingerprint density at radius 1 is 0.569 bits per heavy atom. The van der Waals surface area contributed by atoms with Crippen molar-refractivity contribution in [3.05, 3.63) is 107 Å². The Morgan fingerprint density at radius 2 is 1.21 bits per heavy atom. The first-order valence-electron chi connectivity index (χ1n) is 25.2. The number of aliphatic carboxylic acids is 3. The molecule has 7 N–H and O–H groups in total. The van der Waals surface area contributed by atoms with Gasteiger partial charge in [0.05, 0.1) is 6.04 Å². The SMILES string of the molecule is CCCCNC(=O)[C@@H](CC(=O)[C@H](Cc1ccccc1)NC(=O)CCC(=O)CCCCCCC(=O)N(CCCC[C@H](NC(=O)NC(CCC(=O)O)C(=O)O)C(=O)O)Cc1cccc(C)c1)Cc1ccc(C)cc1. The molecule has 17 heteroatoms. The standard InChI is InChI=1S/C55H75N5O12/c1-4-5-31-56-52(67)43(34-41-25-23-38(2)24-26-41)36-48(62)47(35-40-17-9-8-10-18-40)57-49(63)29-27-44(61)20-11-6-7-12-22-50(64)60(37-42-19-15-16-39(3)33-42)32-14-13-21-45(53(68)69)58-55(72)59-46(54(70)71)28-30-51(65)66/h8-10,15-19,23-26,33,43,45-47H,4-7,11-14,20-22,27-32,34-37H2,1-3H3,(H,56,67)(H,57,63)(H,65,66)(H,68,69)(H,70,71)(H2,58,59,72)/t43-,45+,46?,47+/m1/s1. The predicted octanol–water partition coefficient (Wildman–Crippen LogP) is 7.02. The van der Waals surface area contributed by atoms with Crippen LogP contribution in [0.5, 0.6) is 0 Å². The van der Waals surface area contributed by atoms with Gasteiger partial charge in [-0.15, -0.1) is 0 Å². The summed E-state index contributed by atoms with van der Waals surface area (Å²) in [6.07, 6.45) is 5.10. The molecule has 17 nitrogen and oxygen atoms in total. The highest BCUT2D eigenvalue weighted by atomic mass is 16.4. The summed E-state index contributed by atoms with van der Waals surface area (Å²) in [5, 5.41) is 38.1. The molecule has 0 fully saturated rings. The van der Waals surface area contributed by atoms with E-state index in [-0.39, 0.29) is 74.7 Å². The molecular weight excluding hydrogens is 923 g/mol. The van der Waals surface area contributed by atoms with E-state index in [1.54, 1.807) is 4.90 Å². The maximum atomic E-state index is 14.0. The number of carboxylic acids is 3. The zero-order valence-electron chi connectivity index (χ0n) is 42.1. The molecule has 0 bridgehead atoms. The molecule has 0 saturated heterocycles. The maximum absolute atomic E-state index is 14.0. The number of unbranched alkanes of at least 4 members (excludes halogenated alkanes) is 5. The number of ketones is 2. The van der Waals surface area contributed by atoms with Crippen LogP contribution in [0, 0.1) is 19.8 Å². The number of hydrogen-bond acceptors (Lipinski definition) is 9. The summed E-state index contributed by atoms with van der Waals surface area (Å²) in [6.45, 7) is 7.13. The molecular formula is C55H75N5O12. The van der Waals surface area contributed by atoms with Crippen LogP contribution in [0.2, 0.25) is 0 Å². The lowest BCUT2D eigenvalue weighted by Crippen LogP contribution is -2.51. The molecule has 0 aromatic heterocycles. The first-order valence-corrected chi connectivity index (χ1v) is 25.2. The van der Waals surface area contributed by atoms with Crippen molar-refractivity contribution in [3.63, 3.8) is 0 Å². The minimum Gasteiger partial charge on any atom is -0.481 e. The molecule has 0 aliphatic rings. The van der Waals surface area contributed by atoms with Crippen LogP contribution in [0.15, 0.2) is 78.9 Å². The third-order valence-electron chi connectivity index (χ3n) is 12.3. The van der Waals surface area contributed by atoms with Gasteiger partial charge in [0.2, 0.25) is 17.7 Å². The lowest BCUT2D eigenvalue weighted by Gasteiger charge is -2.24. The van der Waals surface area contributed by atoms with Crippen molar-refractivity contribution in [2.45, 2.75) is 161 Å². The van der Waals surface area contributed by atoms with E-state index in [4.69, 9.17) is 5.11 Å². The molecule has 0 radical (unpaired) electrons. The number of amides is 5. The number of nitrogens with one attached hydrogen (secondary N) is 4. The topological polar surface area (TPSA) is 266 Å². The number of nitrogens with zero attached hydrogens (tertiary/aromatic N) is 1. The van der Waals surface area contributed by atoms with Crippen molar-refractivity contribution in [1.82, 2.24) is 26.2 Å². The Bertz CT molecular complexity index is 2230. The Hall–Kier alpha value is -6.91. The van der Waals surface area contributed by atoms with Crippen molar-refractivity contribution < 1.29 is 58.5 Å². The number of aryl methyl sites for hydroxylation is 2. The van der Waals surface area contributed by atoms with Gasteiger partial charge in [0.25, 0.3) is 0 Å². The number of carboxylic acid groups (broad SMARTS) is 3. The fourth-order valence-electron chi connectivity index (χ4n) is 8.15. The van der Waals surface area contributed by atoms with Gasteiger partial charge >= 0.3 is 23.9 Å². The molecule has 3 aromatic carbocycles. The van der Waals surface area contributed by atoms with Crippen molar-refractivity contribution in [3.8, 4) is 0 Å². The minimum atomic E-state index is -1.52. The van der Waals surface area contributed by atoms with Crippen LogP contribution >= 0.6 is 0 Å². The van der Waals surface area contributed by atoms with Crippen LogP contribution in [0.1, 0.15) is 137 Å². The second-order valence-corrected chi connectivity index (χ2v) is 18.6. The molecule has 72 heavy (non-hydrogen) atoms. The predicted molar refractivity (Wildman–Crippen MR) is 272 cm³/mol. The van der Waals surface area contributed by atoms with E-state index < -0.39 is 60.3 Å². The summed E-state index contributed by atoms with van der Waals surface area (Å²) in [5.74, 6) is -5.71. The van der Waals surface area contributed by atoms with Crippen LogP contribution in [0.4, 0.5) is 4.79 Å². The van der Waals surface area contributed by atoms with E-state index in [0.29, 0.717) is 64.6 Å². The molecule has 0 saturated carbocycles. The van der Waals surface area contributed by atoms with Crippen LogP contribution in [0.3, 0.4) is 0 Å².